The van der Waals surface area contributed by atoms with E-state index in [0.717, 1.165) is 22.3 Å². The van der Waals surface area contributed by atoms with Crippen LogP contribution < -0.4 is 16.4 Å². The van der Waals surface area contributed by atoms with Gasteiger partial charge in [-0.3, -0.25) is 14.4 Å². The molecule has 198 valence electrons. The van der Waals surface area contributed by atoms with Crippen molar-refractivity contribution in [1.29, 1.82) is 0 Å². The molecule has 5 N–H and O–H groups in total. The fraction of sp³-hybridized carbons (Fsp3) is 0.385. The Morgan fingerprint density at radius 3 is 2.08 bits per heavy atom. The molecular formula is C26H31N3O8. The second kappa shape index (κ2) is 14.0. The molecule has 0 aliphatic heterocycles. The molecule has 0 saturated heterocycles. The molecule has 0 bridgehead atoms. The van der Waals surface area contributed by atoms with Crippen molar-refractivity contribution in [2.24, 2.45) is 5.73 Å². The van der Waals surface area contributed by atoms with Gasteiger partial charge in [-0.25, -0.2) is 4.79 Å². The van der Waals surface area contributed by atoms with Crippen LogP contribution in [0.5, 0.6) is 0 Å². The van der Waals surface area contributed by atoms with E-state index in [2.05, 4.69) is 10.6 Å². The Kier molecular flexibility index (Phi) is 10.4. The Balaban J connectivity index is 1.44. The fourth-order valence-corrected chi connectivity index (χ4v) is 4.04. The number of alkyl carbamates (subject to hydrolysis) is 1. The average molecular weight is 514 g/mol. The smallest absolute Gasteiger partial charge is 0.407 e. The van der Waals surface area contributed by atoms with Gasteiger partial charge in [0.2, 0.25) is 11.8 Å². The van der Waals surface area contributed by atoms with Gasteiger partial charge in [-0.15, -0.1) is 0 Å². The molecule has 1 aliphatic rings. The minimum atomic E-state index is -1.20. The Morgan fingerprint density at radius 2 is 1.49 bits per heavy atom. The van der Waals surface area contributed by atoms with Crippen LogP contribution in [0.2, 0.25) is 0 Å². The number of carbonyl (C=O) groups is 4. The third-order valence-electron chi connectivity index (χ3n) is 5.74. The van der Waals surface area contributed by atoms with Gasteiger partial charge in [-0.05, 0) is 22.3 Å². The summed E-state index contributed by atoms with van der Waals surface area (Å²) in [6.45, 7) is 0.865. The SMILES string of the molecule is NC(=O)C[C@H](NC(=O)OCC1c2ccccc2-c2ccccc21)C(=O)NCCOCCOCCC(=O)O. The van der Waals surface area contributed by atoms with Crippen molar-refractivity contribution in [3.8, 4) is 11.1 Å². The van der Waals surface area contributed by atoms with E-state index < -0.39 is 36.3 Å². The lowest BCUT2D eigenvalue weighted by Gasteiger charge is -2.19. The predicted octanol–water partition coefficient (Wildman–Crippen LogP) is 1.39. The Morgan fingerprint density at radius 1 is 0.892 bits per heavy atom. The van der Waals surface area contributed by atoms with E-state index in [4.69, 9.17) is 25.1 Å². The summed E-state index contributed by atoms with van der Waals surface area (Å²) in [7, 11) is 0. The van der Waals surface area contributed by atoms with Crippen LogP contribution in [-0.2, 0) is 28.6 Å². The molecule has 11 nitrogen and oxygen atoms in total. The molecule has 11 heteroatoms. The van der Waals surface area contributed by atoms with Gasteiger partial charge in [0.1, 0.15) is 12.6 Å². The topological polar surface area (TPSA) is 166 Å². The summed E-state index contributed by atoms with van der Waals surface area (Å²) in [4.78, 5) is 46.9. The van der Waals surface area contributed by atoms with E-state index in [9.17, 15) is 19.2 Å². The lowest BCUT2D eigenvalue weighted by molar-refractivity contribution is -0.138. The van der Waals surface area contributed by atoms with Gasteiger partial charge in [0.25, 0.3) is 0 Å². The van der Waals surface area contributed by atoms with Crippen LogP contribution in [0, 0.1) is 0 Å². The van der Waals surface area contributed by atoms with Gasteiger partial charge in [0, 0.05) is 12.5 Å². The molecule has 0 radical (unpaired) electrons. The maximum atomic E-state index is 12.5. The zero-order valence-corrected chi connectivity index (χ0v) is 20.3. The van der Waals surface area contributed by atoms with Gasteiger partial charge in [0.05, 0.1) is 39.3 Å². The van der Waals surface area contributed by atoms with Crippen molar-refractivity contribution in [3.05, 3.63) is 59.7 Å². The van der Waals surface area contributed by atoms with Crippen LogP contribution in [-0.4, -0.2) is 74.6 Å². The Hall–Kier alpha value is -3.96. The summed E-state index contributed by atoms with van der Waals surface area (Å²) < 4.78 is 15.8. The number of carboxylic acids is 1. The molecular weight excluding hydrogens is 482 g/mol. The van der Waals surface area contributed by atoms with Gasteiger partial charge in [-0.1, -0.05) is 48.5 Å². The first kappa shape index (κ1) is 27.6. The van der Waals surface area contributed by atoms with Gasteiger partial charge < -0.3 is 35.7 Å². The van der Waals surface area contributed by atoms with Crippen molar-refractivity contribution in [1.82, 2.24) is 10.6 Å². The second-order valence-corrected chi connectivity index (χ2v) is 8.35. The number of primary amides is 1. The van der Waals surface area contributed by atoms with Crippen LogP contribution in [0.15, 0.2) is 48.5 Å². The minimum absolute atomic E-state index is 0.0626. The molecule has 3 amide bonds. The summed E-state index contributed by atoms with van der Waals surface area (Å²) in [5, 5.41) is 13.5. The first-order valence-electron chi connectivity index (χ1n) is 11.9. The molecule has 0 heterocycles. The molecule has 0 unspecified atom stereocenters. The van der Waals surface area contributed by atoms with Crippen LogP contribution in [0.1, 0.15) is 29.9 Å². The first-order chi connectivity index (χ1) is 17.9. The third kappa shape index (κ3) is 8.29. The van der Waals surface area contributed by atoms with Crippen molar-refractivity contribution < 1.29 is 38.5 Å². The van der Waals surface area contributed by atoms with Crippen molar-refractivity contribution in [2.45, 2.75) is 24.8 Å². The number of rotatable bonds is 15. The number of aliphatic carboxylic acids is 1. The van der Waals surface area contributed by atoms with E-state index in [-0.39, 0.29) is 51.9 Å². The van der Waals surface area contributed by atoms with Crippen molar-refractivity contribution in [3.63, 3.8) is 0 Å². The number of carbonyl (C=O) groups excluding carboxylic acids is 3. The molecule has 0 spiro atoms. The van der Waals surface area contributed by atoms with Gasteiger partial charge >= 0.3 is 12.1 Å². The molecule has 1 aliphatic carbocycles. The quantitative estimate of drug-likeness (QED) is 0.259. The summed E-state index contributed by atoms with van der Waals surface area (Å²) in [6, 6.07) is 14.6. The number of ether oxygens (including phenoxy) is 3. The average Bonchev–Trinajstić information content (AvgIpc) is 3.19. The molecule has 1 atom stereocenters. The lowest BCUT2D eigenvalue weighted by Crippen LogP contribution is -2.49. The maximum Gasteiger partial charge on any atom is 0.407 e. The standard InChI is InChI=1S/C26H31N3O8/c27-23(30)15-22(25(33)28-10-12-36-14-13-35-11-9-24(31)32)29-26(34)37-16-21-19-7-3-1-5-17(19)18-6-2-4-8-20(18)21/h1-8,21-22H,9-16H2,(H2,27,30)(H,28,33)(H,29,34)(H,31,32)/t22-/m0/s1. The predicted molar refractivity (Wildman–Crippen MR) is 133 cm³/mol. The van der Waals surface area contributed by atoms with E-state index in [1.54, 1.807) is 0 Å². The Labute approximate surface area is 214 Å². The molecule has 0 fully saturated rings. The summed E-state index contributed by atoms with van der Waals surface area (Å²) in [5.41, 5.74) is 9.54. The maximum absolute atomic E-state index is 12.5. The number of nitrogens with one attached hydrogen (secondary N) is 2. The van der Waals surface area contributed by atoms with Crippen LogP contribution in [0.4, 0.5) is 4.79 Å². The third-order valence-corrected chi connectivity index (χ3v) is 5.74. The van der Waals surface area contributed by atoms with Gasteiger partial charge in [0.15, 0.2) is 0 Å². The van der Waals surface area contributed by atoms with Crippen LogP contribution in [0.3, 0.4) is 0 Å². The second-order valence-electron chi connectivity index (χ2n) is 8.35. The van der Waals surface area contributed by atoms with Crippen molar-refractivity contribution >= 4 is 23.9 Å². The minimum Gasteiger partial charge on any atom is -0.481 e. The van der Waals surface area contributed by atoms with Crippen molar-refractivity contribution in [2.75, 3.05) is 39.6 Å². The summed E-state index contributed by atoms with van der Waals surface area (Å²) >= 11 is 0. The highest BCUT2D eigenvalue weighted by Crippen LogP contribution is 2.44. The lowest BCUT2D eigenvalue weighted by atomic mass is 9.98. The highest BCUT2D eigenvalue weighted by molar-refractivity contribution is 5.90. The fourth-order valence-electron chi connectivity index (χ4n) is 4.04. The highest BCUT2D eigenvalue weighted by atomic mass is 16.5. The number of amides is 3. The van der Waals surface area contributed by atoms with E-state index in [1.807, 2.05) is 48.5 Å². The first-order valence-corrected chi connectivity index (χ1v) is 11.9. The molecule has 37 heavy (non-hydrogen) atoms. The normalized spacial score (nSPS) is 12.8. The summed E-state index contributed by atoms with van der Waals surface area (Å²) in [5.74, 6) is -2.45. The molecule has 0 saturated carbocycles. The number of benzene rings is 2. The van der Waals surface area contributed by atoms with Gasteiger partial charge in [-0.2, -0.15) is 0 Å². The van der Waals surface area contributed by atoms with Crippen LogP contribution in [0.25, 0.3) is 11.1 Å². The largest absolute Gasteiger partial charge is 0.481 e. The number of carboxylic acid groups (broad SMARTS) is 1. The molecule has 0 aromatic heterocycles. The monoisotopic (exact) mass is 513 g/mol. The Bertz CT molecular complexity index is 1060. The number of nitrogens with two attached hydrogens (primary N) is 1. The molecule has 2 aromatic carbocycles. The van der Waals surface area contributed by atoms with E-state index >= 15 is 0 Å². The zero-order valence-electron chi connectivity index (χ0n) is 20.3. The van der Waals surface area contributed by atoms with E-state index in [0.29, 0.717) is 0 Å². The number of hydrogen-bond acceptors (Lipinski definition) is 7. The highest BCUT2D eigenvalue weighted by Gasteiger charge is 2.30. The molecule has 2 aromatic rings. The molecule has 3 rings (SSSR count). The zero-order chi connectivity index (χ0) is 26.6. The van der Waals surface area contributed by atoms with E-state index in [1.165, 1.54) is 0 Å². The number of hydrogen-bond donors (Lipinski definition) is 4. The van der Waals surface area contributed by atoms with Crippen LogP contribution >= 0.6 is 0 Å². The number of fused-ring (bicyclic) bond motifs is 3. The summed E-state index contributed by atoms with van der Waals surface area (Å²) in [6.07, 6.45) is -1.32.